The number of halogens is 3. The van der Waals surface area contributed by atoms with Gasteiger partial charge in [0, 0.05) is 16.7 Å². The smallest absolute Gasteiger partial charge is 0.262 e. The number of rotatable bonds is 3. The first-order valence-corrected chi connectivity index (χ1v) is 9.83. The first kappa shape index (κ1) is 17.2. The highest BCUT2D eigenvalue weighted by molar-refractivity contribution is 8.13. The molecule has 3 nitrogen and oxygen atoms in total. The molecule has 2 unspecified atom stereocenters. The van der Waals surface area contributed by atoms with Crippen LogP contribution in [0, 0.1) is 11.8 Å². The molecular weight excluding hydrogens is 355 g/mol. The van der Waals surface area contributed by atoms with Crippen LogP contribution in [0.3, 0.4) is 0 Å². The zero-order valence-corrected chi connectivity index (χ0v) is 14.9. The molecule has 0 amide bonds. The van der Waals surface area contributed by atoms with E-state index in [1.165, 1.54) is 18.6 Å². The Morgan fingerprint density at radius 3 is 2.14 bits per heavy atom. The van der Waals surface area contributed by atoms with Gasteiger partial charge in [0.15, 0.2) is 0 Å². The van der Waals surface area contributed by atoms with Gasteiger partial charge in [-0.05, 0) is 37.2 Å². The van der Waals surface area contributed by atoms with Crippen LogP contribution < -0.4 is 4.74 Å². The third-order valence-electron chi connectivity index (χ3n) is 3.68. The summed E-state index contributed by atoms with van der Waals surface area (Å²) in [4.78, 5) is -0.200. The van der Waals surface area contributed by atoms with Crippen LogP contribution in [0.2, 0.25) is 10.0 Å². The average molecular weight is 372 g/mol. The van der Waals surface area contributed by atoms with E-state index in [0.29, 0.717) is 17.6 Å². The summed E-state index contributed by atoms with van der Waals surface area (Å²) in [6.07, 6.45) is 3.16. The quantitative estimate of drug-likeness (QED) is 0.692. The Hall–Kier alpha value is -0.160. The van der Waals surface area contributed by atoms with Crippen molar-refractivity contribution in [3.8, 4) is 5.75 Å². The van der Waals surface area contributed by atoms with Crippen molar-refractivity contribution >= 4 is 42.9 Å². The van der Waals surface area contributed by atoms with E-state index < -0.39 is 9.05 Å². The van der Waals surface area contributed by atoms with Gasteiger partial charge in [-0.2, -0.15) is 0 Å². The van der Waals surface area contributed by atoms with Crippen molar-refractivity contribution in [1.82, 2.24) is 0 Å². The molecule has 118 valence electrons. The summed E-state index contributed by atoms with van der Waals surface area (Å²) < 4.78 is 28.7. The molecule has 1 saturated carbocycles. The summed E-state index contributed by atoms with van der Waals surface area (Å²) in [6, 6.07) is 2.65. The molecule has 0 radical (unpaired) electrons. The zero-order valence-electron chi connectivity index (χ0n) is 11.8. The SMILES string of the molecule is CC1CC(C)CC(Oc2cc(Cl)c(S(=O)(=O)Cl)cc2Cl)C1. The number of hydrogen-bond acceptors (Lipinski definition) is 3. The second-order valence-electron chi connectivity index (χ2n) is 5.81. The summed E-state index contributed by atoms with van der Waals surface area (Å²) in [5.41, 5.74) is 0. The van der Waals surface area contributed by atoms with E-state index in [1.54, 1.807) is 0 Å². The molecule has 2 rings (SSSR count). The van der Waals surface area contributed by atoms with E-state index in [1.807, 2.05) is 0 Å². The molecule has 1 fully saturated rings. The van der Waals surface area contributed by atoms with Crippen molar-refractivity contribution < 1.29 is 13.2 Å². The highest BCUT2D eigenvalue weighted by atomic mass is 35.7. The minimum absolute atomic E-state index is 0.0151. The molecule has 0 aromatic heterocycles. The normalized spacial score (nSPS) is 26.6. The Labute approximate surface area is 139 Å². The van der Waals surface area contributed by atoms with Crippen molar-refractivity contribution in [2.24, 2.45) is 11.8 Å². The molecule has 0 N–H and O–H groups in total. The molecule has 7 heteroatoms. The lowest BCUT2D eigenvalue weighted by molar-refractivity contribution is 0.101. The molecule has 0 bridgehead atoms. The molecule has 1 aliphatic carbocycles. The largest absolute Gasteiger partial charge is 0.489 e. The van der Waals surface area contributed by atoms with E-state index in [4.69, 9.17) is 38.6 Å². The number of hydrogen-bond donors (Lipinski definition) is 0. The van der Waals surface area contributed by atoms with Crippen molar-refractivity contribution in [3.63, 3.8) is 0 Å². The molecule has 0 spiro atoms. The van der Waals surface area contributed by atoms with Crippen LogP contribution >= 0.6 is 33.9 Å². The summed E-state index contributed by atoms with van der Waals surface area (Å²) >= 11 is 12.1. The van der Waals surface area contributed by atoms with Gasteiger partial charge in [0.1, 0.15) is 10.6 Å². The van der Waals surface area contributed by atoms with E-state index in [9.17, 15) is 8.42 Å². The third kappa shape index (κ3) is 4.41. The van der Waals surface area contributed by atoms with Crippen molar-refractivity contribution in [1.29, 1.82) is 0 Å². The standard InChI is InChI=1S/C14H17Cl3O3S/c1-8-3-9(2)5-10(4-8)20-13-6-12(16)14(7-11(13)15)21(17,18)19/h6-10H,3-5H2,1-2H3. The van der Waals surface area contributed by atoms with E-state index in [2.05, 4.69) is 13.8 Å². The summed E-state index contributed by atoms with van der Waals surface area (Å²) in [7, 11) is 1.38. The van der Waals surface area contributed by atoms with E-state index in [-0.39, 0.29) is 21.0 Å². The Kier molecular flexibility index (Phi) is 5.35. The Morgan fingerprint density at radius 2 is 1.62 bits per heavy atom. The van der Waals surface area contributed by atoms with Crippen LogP contribution in [-0.4, -0.2) is 14.5 Å². The second kappa shape index (κ2) is 6.53. The lowest BCUT2D eigenvalue weighted by Gasteiger charge is -2.32. The molecule has 1 aromatic carbocycles. The van der Waals surface area contributed by atoms with Gasteiger partial charge in [0.25, 0.3) is 9.05 Å². The van der Waals surface area contributed by atoms with Gasteiger partial charge in [0.2, 0.25) is 0 Å². The van der Waals surface area contributed by atoms with Crippen LogP contribution in [0.5, 0.6) is 5.75 Å². The van der Waals surface area contributed by atoms with Gasteiger partial charge < -0.3 is 4.74 Å². The highest BCUT2D eigenvalue weighted by Crippen LogP contribution is 2.38. The van der Waals surface area contributed by atoms with E-state index >= 15 is 0 Å². The van der Waals surface area contributed by atoms with Gasteiger partial charge in [-0.25, -0.2) is 8.42 Å². The summed E-state index contributed by atoms with van der Waals surface area (Å²) in [6.45, 7) is 4.40. The van der Waals surface area contributed by atoms with Gasteiger partial charge in [-0.1, -0.05) is 37.0 Å². The van der Waals surface area contributed by atoms with Crippen LogP contribution in [-0.2, 0) is 9.05 Å². The highest BCUT2D eigenvalue weighted by Gasteiger charge is 2.26. The molecule has 21 heavy (non-hydrogen) atoms. The number of benzene rings is 1. The zero-order chi connectivity index (χ0) is 15.8. The van der Waals surface area contributed by atoms with Crippen LogP contribution in [0.25, 0.3) is 0 Å². The lowest BCUT2D eigenvalue weighted by Crippen LogP contribution is -2.28. The maximum atomic E-state index is 11.4. The minimum atomic E-state index is -3.92. The fraction of sp³-hybridized carbons (Fsp3) is 0.571. The van der Waals surface area contributed by atoms with Gasteiger partial charge in [-0.3, -0.25) is 0 Å². The predicted octanol–water partition coefficient (Wildman–Crippen LogP) is 5.12. The minimum Gasteiger partial charge on any atom is -0.489 e. The molecule has 1 aromatic rings. The topological polar surface area (TPSA) is 43.4 Å². The monoisotopic (exact) mass is 370 g/mol. The predicted molar refractivity (Wildman–Crippen MR) is 86.1 cm³/mol. The van der Waals surface area contributed by atoms with Crippen molar-refractivity contribution in [2.75, 3.05) is 0 Å². The number of ether oxygens (including phenoxy) is 1. The Balaban J connectivity index is 2.23. The van der Waals surface area contributed by atoms with Gasteiger partial charge in [0.05, 0.1) is 16.1 Å². The summed E-state index contributed by atoms with van der Waals surface area (Å²) in [5.74, 6) is 1.59. The first-order valence-electron chi connectivity index (χ1n) is 6.77. The van der Waals surface area contributed by atoms with E-state index in [0.717, 1.165) is 12.8 Å². The molecule has 0 saturated heterocycles. The van der Waals surface area contributed by atoms with Crippen LogP contribution in [0.4, 0.5) is 0 Å². The first-order chi connectivity index (χ1) is 9.66. The maximum Gasteiger partial charge on any atom is 0.262 e. The summed E-state index contributed by atoms with van der Waals surface area (Å²) in [5, 5.41) is 0.214. The average Bonchev–Trinajstić information content (AvgIpc) is 2.30. The van der Waals surface area contributed by atoms with Gasteiger partial charge >= 0.3 is 0 Å². The molecule has 1 aliphatic rings. The van der Waals surface area contributed by atoms with Crippen molar-refractivity contribution in [3.05, 3.63) is 22.2 Å². The second-order valence-corrected chi connectivity index (χ2v) is 9.16. The fourth-order valence-corrected chi connectivity index (χ4v) is 4.72. The van der Waals surface area contributed by atoms with Crippen LogP contribution in [0.15, 0.2) is 17.0 Å². The molecular formula is C14H17Cl3O3S. The van der Waals surface area contributed by atoms with Crippen molar-refractivity contribution in [2.45, 2.75) is 44.1 Å². The Bertz CT molecular complexity index is 621. The lowest BCUT2D eigenvalue weighted by atomic mass is 9.82. The molecule has 2 atom stereocenters. The Morgan fingerprint density at radius 1 is 1.05 bits per heavy atom. The third-order valence-corrected chi connectivity index (χ3v) is 5.76. The fourth-order valence-electron chi connectivity index (χ4n) is 2.94. The van der Waals surface area contributed by atoms with Crippen LogP contribution in [0.1, 0.15) is 33.1 Å². The molecule has 0 heterocycles. The maximum absolute atomic E-state index is 11.4. The van der Waals surface area contributed by atoms with Gasteiger partial charge in [-0.15, -0.1) is 0 Å². The molecule has 0 aliphatic heterocycles.